The molecule has 1 aliphatic heterocycles. The van der Waals surface area contributed by atoms with Gasteiger partial charge < -0.3 is 9.47 Å². The van der Waals surface area contributed by atoms with Crippen molar-refractivity contribution >= 4 is 0 Å². The van der Waals surface area contributed by atoms with Gasteiger partial charge in [0.15, 0.2) is 0 Å². The van der Waals surface area contributed by atoms with Crippen LogP contribution >= 0.6 is 0 Å². The van der Waals surface area contributed by atoms with Crippen LogP contribution in [-0.2, 0) is 19.4 Å². The van der Waals surface area contributed by atoms with Gasteiger partial charge in [0, 0.05) is 13.1 Å². The molecule has 3 nitrogen and oxygen atoms in total. The van der Waals surface area contributed by atoms with Crippen molar-refractivity contribution in [3.8, 4) is 11.5 Å². The van der Waals surface area contributed by atoms with E-state index in [-0.39, 0.29) is 0 Å². The molecule has 0 saturated heterocycles. The van der Waals surface area contributed by atoms with E-state index in [0.717, 1.165) is 44.0 Å². The maximum atomic E-state index is 5.48. The molecule has 0 radical (unpaired) electrons. The molecule has 0 N–H and O–H groups in total. The third kappa shape index (κ3) is 3.85. The van der Waals surface area contributed by atoms with E-state index in [1.807, 2.05) is 12.1 Å². The van der Waals surface area contributed by atoms with Crippen LogP contribution in [0.2, 0.25) is 0 Å². The quantitative estimate of drug-likeness (QED) is 0.812. The zero-order valence-electron chi connectivity index (χ0n) is 14.0. The molecule has 0 saturated carbocycles. The van der Waals surface area contributed by atoms with Gasteiger partial charge in [0.05, 0.1) is 14.2 Å². The number of nitrogens with zero attached hydrogens (tertiary/aromatic N) is 1. The van der Waals surface area contributed by atoms with E-state index in [1.54, 1.807) is 14.2 Å². The summed E-state index contributed by atoms with van der Waals surface area (Å²) >= 11 is 0. The van der Waals surface area contributed by atoms with E-state index in [9.17, 15) is 0 Å². The van der Waals surface area contributed by atoms with Gasteiger partial charge in [0.2, 0.25) is 0 Å². The molecule has 0 amide bonds. The number of hydrogen-bond acceptors (Lipinski definition) is 3. The fourth-order valence-corrected chi connectivity index (χ4v) is 3.31. The molecule has 3 rings (SSSR count). The van der Waals surface area contributed by atoms with Crippen LogP contribution in [0.25, 0.3) is 0 Å². The van der Waals surface area contributed by atoms with Crippen molar-refractivity contribution in [2.75, 3.05) is 27.3 Å². The van der Waals surface area contributed by atoms with Crippen molar-refractivity contribution < 1.29 is 9.47 Å². The minimum atomic E-state index is 0.926. The first kappa shape index (κ1) is 15.9. The predicted octanol–water partition coefficient (Wildman–Crippen LogP) is 3.69. The molecule has 0 unspecified atom stereocenters. The van der Waals surface area contributed by atoms with Gasteiger partial charge >= 0.3 is 0 Å². The highest BCUT2D eigenvalue weighted by Crippen LogP contribution is 2.27. The van der Waals surface area contributed by atoms with Crippen LogP contribution in [-0.4, -0.2) is 32.2 Å². The predicted molar refractivity (Wildman–Crippen MR) is 93.3 cm³/mol. The molecule has 23 heavy (non-hydrogen) atoms. The van der Waals surface area contributed by atoms with Crippen LogP contribution in [0.1, 0.15) is 23.1 Å². The Morgan fingerprint density at radius 3 is 2.57 bits per heavy atom. The van der Waals surface area contributed by atoms with Crippen molar-refractivity contribution in [3.63, 3.8) is 0 Å². The second-order valence-corrected chi connectivity index (χ2v) is 6.08. The fraction of sp³-hybridized carbons (Fsp3) is 0.400. The molecule has 1 heterocycles. The smallest absolute Gasteiger partial charge is 0.122 e. The molecule has 0 spiro atoms. The highest BCUT2D eigenvalue weighted by Gasteiger charge is 2.18. The highest BCUT2D eigenvalue weighted by atomic mass is 16.5. The van der Waals surface area contributed by atoms with E-state index in [0.29, 0.717) is 0 Å². The van der Waals surface area contributed by atoms with Crippen LogP contribution in [0.3, 0.4) is 0 Å². The lowest BCUT2D eigenvalue weighted by atomic mass is 9.98. The summed E-state index contributed by atoms with van der Waals surface area (Å²) in [5.74, 6) is 1.97. The molecule has 0 fully saturated rings. The van der Waals surface area contributed by atoms with Crippen LogP contribution in [0, 0.1) is 0 Å². The third-order valence-corrected chi connectivity index (χ3v) is 4.62. The number of ether oxygens (including phenoxy) is 2. The van der Waals surface area contributed by atoms with E-state index in [4.69, 9.17) is 9.47 Å². The van der Waals surface area contributed by atoms with Gasteiger partial charge in [-0.2, -0.15) is 0 Å². The first-order chi connectivity index (χ1) is 11.3. The van der Waals surface area contributed by atoms with Crippen molar-refractivity contribution in [1.29, 1.82) is 0 Å². The average Bonchev–Trinajstić information content (AvgIpc) is 2.61. The first-order valence-electron chi connectivity index (χ1n) is 8.30. The van der Waals surface area contributed by atoms with Crippen molar-refractivity contribution in [2.24, 2.45) is 0 Å². The van der Waals surface area contributed by atoms with Gasteiger partial charge in [-0.05, 0) is 60.7 Å². The maximum Gasteiger partial charge on any atom is 0.122 e. The first-order valence-corrected chi connectivity index (χ1v) is 8.30. The Kier molecular flexibility index (Phi) is 5.19. The molecule has 3 heteroatoms. The number of fused-ring (bicyclic) bond motifs is 1. The Bertz CT molecular complexity index is 637. The Morgan fingerprint density at radius 1 is 1.00 bits per heavy atom. The average molecular weight is 311 g/mol. The molecular formula is C20H25NO2. The summed E-state index contributed by atoms with van der Waals surface area (Å²) in [5, 5.41) is 0. The number of methoxy groups -OCH3 is 2. The molecule has 1 aliphatic rings. The Hall–Kier alpha value is -2.00. The molecule has 2 aromatic carbocycles. The van der Waals surface area contributed by atoms with E-state index < -0.39 is 0 Å². The zero-order valence-corrected chi connectivity index (χ0v) is 14.0. The highest BCUT2D eigenvalue weighted by molar-refractivity contribution is 5.41. The lowest BCUT2D eigenvalue weighted by Crippen LogP contribution is -2.31. The molecule has 0 bridgehead atoms. The Morgan fingerprint density at radius 2 is 1.83 bits per heavy atom. The van der Waals surface area contributed by atoms with E-state index >= 15 is 0 Å². The molecule has 122 valence electrons. The molecular weight excluding hydrogens is 286 g/mol. The molecule has 0 aliphatic carbocycles. The lowest BCUT2D eigenvalue weighted by Gasteiger charge is -2.29. The van der Waals surface area contributed by atoms with Gasteiger partial charge in [-0.15, -0.1) is 0 Å². The Balaban J connectivity index is 1.51. The number of benzene rings is 2. The van der Waals surface area contributed by atoms with Gasteiger partial charge in [-0.3, -0.25) is 4.90 Å². The number of hydrogen-bond donors (Lipinski definition) is 0. The molecule has 2 aromatic rings. The SMILES string of the molecule is COc1ccc(CCCN2CCc3c(cccc3OC)C2)cc1. The van der Waals surface area contributed by atoms with Gasteiger partial charge in [-0.25, -0.2) is 0 Å². The van der Waals surface area contributed by atoms with Crippen LogP contribution < -0.4 is 9.47 Å². The minimum Gasteiger partial charge on any atom is -0.497 e. The zero-order chi connectivity index (χ0) is 16.1. The summed E-state index contributed by atoms with van der Waals surface area (Å²) in [4.78, 5) is 2.55. The van der Waals surface area contributed by atoms with Crippen LogP contribution in [0.15, 0.2) is 42.5 Å². The summed E-state index contributed by atoms with van der Waals surface area (Å²) in [5.41, 5.74) is 4.19. The second kappa shape index (κ2) is 7.51. The minimum absolute atomic E-state index is 0.926. The summed E-state index contributed by atoms with van der Waals surface area (Å²) < 4.78 is 10.7. The van der Waals surface area contributed by atoms with E-state index in [2.05, 4.69) is 35.2 Å². The van der Waals surface area contributed by atoms with Crippen molar-refractivity contribution in [2.45, 2.75) is 25.8 Å². The third-order valence-electron chi connectivity index (χ3n) is 4.62. The second-order valence-electron chi connectivity index (χ2n) is 6.08. The van der Waals surface area contributed by atoms with Gasteiger partial charge in [-0.1, -0.05) is 24.3 Å². The van der Waals surface area contributed by atoms with Crippen LogP contribution in [0.4, 0.5) is 0 Å². The van der Waals surface area contributed by atoms with Crippen molar-refractivity contribution in [3.05, 3.63) is 59.2 Å². The summed E-state index contributed by atoms with van der Waals surface area (Å²) in [7, 11) is 3.47. The lowest BCUT2D eigenvalue weighted by molar-refractivity contribution is 0.248. The molecule has 0 atom stereocenters. The number of aryl methyl sites for hydroxylation is 1. The molecule has 0 aromatic heterocycles. The maximum absolute atomic E-state index is 5.48. The van der Waals surface area contributed by atoms with Gasteiger partial charge in [0.1, 0.15) is 11.5 Å². The standard InChI is InChI=1S/C20H25NO2/c1-22-18-10-8-16(9-11-18)5-4-13-21-14-12-19-17(15-21)6-3-7-20(19)23-2/h3,6-11H,4-5,12-15H2,1-2H3. The topological polar surface area (TPSA) is 21.7 Å². The fourth-order valence-electron chi connectivity index (χ4n) is 3.31. The Labute approximate surface area is 138 Å². The van der Waals surface area contributed by atoms with E-state index in [1.165, 1.54) is 23.1 Å². The summed E-state index contributed by atoms with van der Waals surface area (Å²) in [6, 6.07) is 14.8. The van der Waals surface area contributed by atoms with Crippen LogP contribution in [0.5, 0.6) is 11.5 Å². The largest absolute Gasteiger partial charge is 0.497 e. The number of rotatable bonds is 6. The normalized spacial score (nSPS) is 14.3. The monoisotopic (exact) mass is 311 g/mol. The summed E-state index contributed by atoms with van der Waals surface area (Å²) in [6.45, 7) is 3.30. The van der Waals surface area contributed by atoms with Gasteiger partial charge in [0.25, 0.3) is 0 Å². The van der Waals surface area contributed by atoms with Crippen molar-refractivity contribution in [1.82, 2.24) is 4.90 Å². The summed E-state index contributed by atoms with van der Waals surface area (Å²) in [6.07, 6.45) is 3.39.